The molecule has 0 amide bonds. The van der Waals surface area contributed by atoms with E-state index < -0.39 is 16.0 Å². The zero-order valence-electron chi connectivity index (χ0n) is 23.7. The van der Waals surface area contributed by atoms with Crippen molar-refractivity contribution in [3.8, 4) is 16.2 Å². The summed E-state index contributed by atoms with van der Waals surface area (Å²) in [5.41, 5.74) is 8.43. The molecule has 2 aliphatic rings. The van der Waals surface area contributed by atoms with Gasteiger partial charge in [-0.3, -0.25) is 0 Å². The van der Waals surface area contributed by atoms with Crippen LogP contribution in [0.25, 0.3) is 10.4 Å². The Morgan fingerprint density at radius 2 is 1.78 bits per heavy atom. The Morgan fingerprint density at radius 3 is 2.46 bits per heavy atom. The van der Waals surface area contributed by atoms with Crippen LogP contribution in [0.4, 0.5) is 17.1 Å². The topological polar surface area (TPSA) is 111 Å². The maximum Gasteiger partial charge on any atom is 0.350 e. The van der Waals surface area contributed by atoms with Gasteiger partial charge < -0.3 is 24.8 Å². The normalized spacial score (nSPS) is 19.4. The first kappa shape index (κ1) is 29.4. The number of hydrogen-bond donors (Lipinski definition) is 1. The quantitative estimate of drug-likeness (QED) is 0.266. The van der Waals surface area contributed by atoms with E-state index in [9.17, 15) is 13.2 Å². The molecule has 0 spiro atoms. The molecular formula is C30H37N3O6S2. The number of carbonyl (C=O) groups is 1. The van der Waals surface area contributed by atoms with Crippen LogP contribution in [0.3, 0.4) is 0 Å². The lowest BCUT2D eigenvalue weighted by atomic mass is 9.83. The van der Waals surface area contributed by atoms with Crippen molar-refractivity contribution < 1.29 is 27.4 Å². The number of nitrogens with zero attached hydrogens (tertiary/aromatic N) is 2. The fourth-order valence-corrected chi connectivity index (χ4v) is 8.48. The van der Waals surface area contributed by atoms with E-state index in [1.54, 1.807) is 36.7 Å². The van der Waals surface area contributed by atoms with Gasteiger partial charge in [0.25, 0.3) is 0 Å². The Balaban J connectivity index is 1.72. The molecule has 41 heavy (non-hydrogen) atoms. The van der Waals surface area contributed by atoms with Gasteiger partial charge in [-0.1, -0.05) is 37.5 Å². The molecule has 1 fully saturated rings. The molecule has 1 saturated carbocycles. The number of carbonyl (C=O) groups excluding carboxylic acids is 1. The van der Waals surface area contributed by atoms with E-state index in [0.717, 1.165) is 42.7 Å². The number of sulfonamides is 1. The second-order valence-electron chi connectivity index (χ2n) is 10.5. The number of nitrogens with two attached hydrogens (primary N) is 1. The van der Waals surface area contributed by atoms with E-state index in [2.05, 4.69) is 4.90 Å². The summed E-state index contributed by atoms with van der Waals surface area (Å²) >= 11 is 1.14. The second kappa shape index (κ2) is 12.4. The second-order valence-corrected chi connectivity index (χ2v) is 13.5. The average Bonchev–Trinajstić information content (AvgIpc) is 3.35. The zero-order chi connectivity index (χ0) is 29.1. The van der Waals surface area contributed by atoms with Crippen molar-refractivity contribution in [3.63, 3.8) is 0 Å². The molecule has 1 aliphatic heterocycles. The van der Waals surface area contributed by atoms with Crippen molar-refractivity contribution in [2.24, 2.45) is 5.92 Å². The highest BCUT2D eigenvalue weighted by Gasteiger charge is 2.41. The van der Waals surface area contributed by atoms with E-state index in [4.69, 9.17) is 19.9 Å². The van der Waals surface area contributed by atoms with Gasteiger partial charge in [-0.25, -0.2) is 13.2 Å². The summed E-state index contributed by atoms with van der Waals surface area (Å²) in [7, 11) is 0.692. The molecule has 2 heterocycles. The van der Waals surface area contributed by atoms with Crippen LogP contribution in [0.1, 0.15) is 41.8 Å². The van der Waals surface area contributed by atoms with Crippen molar-refractivity contribution in [2.45, 2.75) is 43.0 Å². The highest BCUT2D eigenvalue weighted by atomic mass is 32.2. The zero-order valence-corrected chi connectivity index (χ0v) is 25.3. The van der Waals surface area contributed by atoms with Gasteiger partial charge in [0, 0.05) is 48.9 Å². The van der Waals surface area contributed by atoms with Crippen LogP contribution in [0.15, 0.2) is 53.4 Å². The largest absolute Gasteiger partial charge is 0.490 e. The molecule has 0 radical (unpaired) electrons. The van der Waals surface area contributed by atoms with Crippen LogP contribution in [0, 0.1) is 5.92 Å². The van der Waals surface area contributed by atoms with Gasteiger partial charge in [-0.05, 0) is 43.0 Å². The maximum absolute atomic E-state index is 14.4. The Hall–Kier alpha value is -3.12. The molecule has 3 aromatic rings. The first-order chi connectivity index (χ1) is 19.8. The number of nitrogen functional groups attached to an aromatic ring is 1. The van der Waals surface area contributed by atoms with Crippen molar-refractivity contribution in [3.05, 3.63) is 53.4 Å². The minimum atomic E-state index is -3.90. The standard InChI is InChI=1S/C30H37N3O6S2/c1-32-25(20-10-6-4-7-11-20)19-33(21-12-8-5-9-13-21)24-18-26(39-15-14-37-2)22(16-28(24)41(32,35)36)27-17-23(31)29(40-27)30(34)38-3/h5,8-9,12-13,16-18,20,25H,4,6-7,10-11,14-15,19,31H2,1-3H3/t25-/m0/s1. The van der Waals surface area contributed by atoms with Gasteiger partial charge in [-0.2, -0.15) is 4.31 Å². The lowest BCUT2D eigenvalue weighted by Crippen LogP contribution is -2.46. The lowest BCUT2D eigenvalue weighted by molar-refractivity contribution is 0.0607. The van der Waals surface area contributed by atoms with Crippen molar-refractivity contribution >= 4 is 44.4 Å². The number of likely N-dealkylation sites (N-methyl/N-ethyl adjacent to an activating group) is 1. The van der Waals surface area contributed by atoms with E-state index in [0.29, 0.717) is 35.0 Å². The van der Waals surface area contributed by atoms with Gasteiger partial charge >= 0.3 is 5.97 Å². The summed E-state index contributed by atoms with van der Waals surface area (Å²) in [6.45, 7) is 1.13. The third-order valence-corrected chi connectivity index (χ3v) is 11.1. The van der Waals surface area contributed by atoms with Crippen molar-refractivity contribution in [1.82, 2.24) is 4.31 Å². The lowest BCUT2D eigenvalue weighted by Gasteiger charge is -2.36. The molecule has 0 unspecified atom stereocenters. The van der Waals surface area contributed by atoms with Crippen molar-refractivity contribution in [2.75, 3.05) is 51.7 Å². The van der Waals surface area contributed by atoms with Crippen molar-refractivity contribution in [1.29, 1.82) is 0 Å². The van der Waals surface area contributed by atoms with E-state index >= 15 is 0 Å². The Bertz CT molecular complexity index is 1490. The van der Waals surface area contributed by atoms with Crippen LogP contribution in [0.5, 0.6) is 5.75 Å². The number of esters is 1. The first-order valence-electron chi connectivity index (χ1n) is 13.8. The fourth-order valence-electron chi connectivity index (χ4n) is 5.85. The average molecular weight is 600 g/mol. The number of rotatable bonds is 8. The Morgan fingerprint density at radius 1 is 1.05 bits per heavy atom. The minimum Gasteiger partial charge on any atom is -0.490 e. The fraction of sp³-hybridized carbons (Fsp3) is 0.433. The molecule has 1 aromatic heterocycles. The SMILES string of the molecule is COCCOc1cc2c(cc1-c1cc(N)c(C(=O)OC)s1)S(=O)(=O)N(C)[C@H](C1CCCCC1)CN2c1ccccc1. The number of anilines is 3. The molecule has 9 nitrogen and oxygen atoms in total. The van der Waals surface area contributed by atoms with Crippen LogP contribution < -0.4 is 15.4 Å². The van der Waals surface area contributed by atoms with Gasteiger partial charge in [0.2, 0.25) is 10.0 Å². The highest BCUT2D eigenvalue weighted by Crippen LogP contribution is 2.47. The smallest absolute Gasteiger partial charge is 0.350 e. The molecule has 1 aliphatic carbocycles. The summed E-state index contributed by atoms with van der Waals surface area (Å²) in [5.74, 6) is 0.197. The van der Waals surface area contributed by atoms with E-state index in [-0.39, 0.29) is 34.0 Å². The van der Waals surface area contributed by atoms with Crippen LogP contribution >= 0.6 is 11.3 Å². The molecule has 1 atom stereocenters. The van der Waals surface area contributed by atoms with Gasteiger partial charge in [0.15, 0.2) is 0 Å². The highest BCUT2D eigenvalue weighted by molar-refractivity contribution is 7.89. The van der Waals surface area contributed by atoms with E-state index in [1.807, 2.05) is 30.3 Å². The predicted octanol–water partition coefficient (Wildman–Crippen LogP) is 5.53. The number of thiophene rings is 1. The van der Waals surface area contributed by atoms with Gasteiger partial charge in [-0.15, -0.1) is 11.3 Å². The predicted molar refractivity (Wildman–Crippen MR) is 162 cm³/mol. The molecule has 11 heteroatoms. The molecule has 0 saturated heterocycles. The molecule has 0 bridgehead atoms. The minimum absolute atomic E-state index is 0.183. The summed E-state index contributed by atoms with van der Waals surface area (Å²) in [4.78, 5) is 15.5. The molecule has 2 N–H and O–H groups in total. The number of hydrogen-bond acceptors (Lipinski definition) is 9. The molecule has 5 rings (SSSR count). The van der Waals surface area contributed by atoms with Crippen LogP contribution in [-0.4, -0.2) is 65.8 Å². The molecule has 2 aromatic carbocycles. The number of fused-ring (bicyclic) bond motifs is 1. The number of benzene rings is 2. The Kier molecular flexibility index (Phi) is 8.88. The third-order valence-electron chi connectivity index (χ3n) is 8.05. The molecule has 220 valence electrons. The van der Waals surface area contributed by atoms with Gasteiger partial charge in [0.1, 0.15) is 22.1 Å². The van der Waals surface area contributed by atoms with Crippen LogP contribution in [0.2, 0.25) is 0 Å². The summed E-state index contributed by atoms with van der Waals surface area (Å²) in [5, 5.41) is 0. The monoisotopic (exact) mass is 599 g/mol. The summed E-state index contributed by atoms with van der Waals surface area (Å²) < 4.78 is 46.6. The molecular weight excluding hydrogens is 562 g/mol. The van der Waals surface area contributed by atoms with Crippen LogP contribution in [-0.2, 0) is 19.5 Å². The number of ether oxygens (including phenoxy) is 3. The summed E-state index contributed by atoms with van der Waals surface area (Å²) in [6, 6.07) is 14.8. The Labute approximate surface area is 245 Å². The van der Waals surface area contributed by atoms with E-state index in [1.165, 1.54) is 13.5 Å². The number of methoxy groups -OCH3 is 2. The first-order valence-corrected chi connectivity index (χ1v) is 16.1. The van der Waals surface area contributed by atoms with Gasteiger partial charge in [0.05, 0.1) is 25.1 Å². The third kappa shape index (κ3) is 5.81. The number of para-hydroxylation sites is 1. The maximum atomic E-state index is 14.4. The summed E-state index contributed by atoms with van der Waals surface area (Å²) in [6.07, 6.45) is 5.41.